The van der Waals surface area contributed by atoms with Gasteiger partial charge in [0.1, 0.15) is 27.0 Å². The largest absolute Gasteiger partial charge is 0.508 e. The van der Waals surface area contributed by atoms with Crippen LogP contribution in [0, 0.1) is 5.82 Å². The summed E-state index contributed by atoms with van der Waals surface area (Å²) in [5.41, 5.74) is 0.104. The average Bonchev–Trinajstić information content (AvgIpc) is 3.43. The number of aromatic hydroxyl groups is 1. The van der Waals surface area contributed by atoms with E-state index < -0.39 is 23.7 Å². The number of rotatable bonds is 6. The second-order valence-corrected chi connectivity index (χ2v) is 9.48. The molecule has 0 spiro atoms. The number of hydrogen-bond acceptors (Lipinski definition) is 5. The Morgan fingerprint density at radius 3 is 2.39 bits per heavy atom. The number of halogens is 3. The Labute approximate surface area is 204 Å². The smallest absolute Gasteiger partial charge is 0.280 e. The second-order valence-electron chi connectivity index (χ2n) is 7.73. The zero-order chi connectivity index (χ0) is 23.5. The van der Waals surface area contributed by atoms with Gasteiger partial charge in [-0.2, -0.15) is 4.37 Å². The maximum Gasteiger partial charge on any atom is 0.280 e. The number of amides is 2. The van der Waals surface area contributed by atoms with Crippen molar-refractivity contribution in [2.75, 3.05) is 4.90 Å². The van der Waals surface area contributed by atoms with Gasteiger partial charge in [-0.05, 0) is 54.2 Å². The molecule has 10 heteroatoms. The molecule has 1 atom stereocenters. The maximum absolute atomic E-state index is 15.0. The van der Waals surface area contributed by atoms with Crippen LogP contribution in [0.3, 0.4) is 0 Å². The minimum absolute atomic E-state index is 0.00760. The number of anilines is 1. The molecule has 0 radical (unpaired) electrons. The number of carbonyl (C=O) groups is 2. The monoisotopic (exact) mass is 507 g/mol. The van der Waals surface area contributed by atoms with Crippen molar-refractivity contribution in [2.24, 2.45) is 0 Å². The van der Waals surface area contributed by atoms with E-state index in [0.29, 0.717) is 5.56 Å². The number of aromatic nitrogens is 1. The highest BCUT2D eigenvalue weighted by Crippen LogP contribution is 2.36. The van der Waals surface area contributed by atoms with Crippen molar-refractivity contribution in [3.8, 4) is 5.75 Å². The van der Waals surface area contributed by atoms with E-state index in [0.717, 1.165) is 42.1 Å². The van der Waals surface area contributed by atoms with Gasteiger partial charge in [-0.1, -0.05) is 60.3 Å². The molecule has 1 saturated carbocycles. The first-order chi connectivity index (χ1) is 15.9. The number of carbonyl (C=O) groups excluding carboxylic acids is 2. The van der Waals surface area contributed by atoms with Crippen LogP contribution < -0.4 is 10.2 Å². The first-order valence-electron chi connectivity index (χ1n) is 10.3. The fraction of sp³-hybridized carbons (Fsp3) is 0.261. The van der Waals surface area contributed by atoms with E-state index in [4.69, 9.17) is 23.2 Å². The second kappa shape index (κ2) is 10.1. The van der Waals surface area contributed by atoms with Crippen molar-refractivity contribution in [3.05, 3.63) is 75.0 Å². The summed E-state index contributed by atoms with van der Waals surface area (Å²) in [6.07, 6.45) is 3.65. The molecule has 3 aromatic rings. The Kier molecular flexibility index (Phi) is 7.17. The van der Waals surface area contributed by atoms with Crippen molar-refractivity contribution in [3.63, 3.8) is 0 Å². The van der Waals surface area contributed by atoms with Gasteiger partial charge < -0.3 is 10.4 Å². The summed E-state index contributed by atoms with van der Waals surface area (Å²) in [7, 11) is 0. The fourth-order valence-corrected chi connectivity index (χ4v) is 4.93. The van der Waals surface area contributed by atoms with Crippen LogP contribution in [0.5, 0.6) is 5.75 Å². The molecule has 0 saturated heterocycles. The molecule has 2 N–H and O–H groups in total. The molecule has 1 aliphatic carbocycles. The molecule has 33 heavy (non-hydrogen) atoms. The van der Waals surface area contributed by atoms with E-state index >= 15 is 0 Å². The third-order valence-corrected chi connectivity index (χ3v) is 7.16. The summed E-state index contributed by atoms with van der Waals surface area (Å²) in [4.78, 5) is 28.3. The zero-order valence-electron chi connectivity index (χ0n) is 17.3. The van der Waals surface area contributed by atoms with Crippen molar-refractivity contribution >= 4 is 52.2 Å². The lowest BCUT2D eigenvalue weighted by atomic mass is 10.0. The zero-order valence-corrected chi connectivity index (χ0v) is 19.6. The SMILES string of the molecule is O=C(NC1CCCC1)[C@@H](c1ccc(O)cc1)N(C(=O)c1nsc(Cl)c1Cl)c1ccccc1F. The Morgan fingerprint density at radius 2 is 1.79 bits per heavy atom. The molecule has 1 aliphatic rings. The van der Waals surface area contributed by atoms with Gasteiger partial charge in [-0.15, -0.1) is 0 Å². The molecule has 172 valence electrons. The first-order valence-corrected chi connectivity index (χ1v) is 11.9. The molecule has 2 amide bonds. The normalized spacial score (nSPS) is 14.8. The first kappa shape index (κ1) is 23.5. The van der Waals surface area contributed by atoms with E-state index in [1.165, 1.54) is 42.5 Å². The van der Waals surface area contributed by atoms with Gasteiger partial charge in [0, 0.05) is 6.04 Å². The van der Waals surface area contributed by atoms with Gasteiger partial charge in [0.05, 0.1) is 5.69 Å². The van der Waals surface area contributed by atoms with Crippen molar-refractivity contribution < 1.29 is 19.1 Å². The van der Waals surface area contributed by atoms with Gasteiger partial charge in [-0.25, -0.2) is 4.39 Å². The van der Waals surface area contributed by atoms with Crippen molar-refractivity contribution in [1.29, 1.82) is 0 Å². The Bertz CT molecular complexity index is 1170. The number of hydrogen-bond donors (Lipinski definition) is 2. The molecule has 1 aromatic heterocycles. The standard InChI is InChI=1S/C23H20Cl2FN3O3S/c24-18-19(28-33-21(18)25)23(32)29(17-8-4-3-7-16(17)26)20(13-9-11-15(30)12-10-13)22(31)27-14-5-1-2-6-14/h3-4,7-12,14,20,30H,1-2,5-6H2,(H,27,31)/t20-/m1/s1. The predicted molar refractivity (Wildman–Crippen MR) is 127 cm³/mol. The Balaban J connectivity index is 1.85. The minimum atomic E-state index is -1.24. The van der Waals surface area contributed by atoms with Crippen LogP contribution in [0.4, 0.5) is 10.1 Å². The van der Waals surface area contributed by atoms with E-state index in [-0.39, 0.29) is 32.5 Å². The topological polar surface area (TPSA) is 82.5 Å². The predicted octanol–water partition coefficient (Wildman–Crippen LogP) is 5.74. The van der Waals surface area contributed by atoms with Crippen LogP contribution in [0.15, 0.2) is 48.5 Å². The van der Waals surface area contributed by atoms with Crippen molar-refractivity contribution in [2.45, 2.75) is 37.8 Å². The van der Waals surface area contributed by atoms with E-state index in [1.54, 1.807) is 6.07 Å². The molecular weight excluding hydrogens is 488 g/mol. The third-order valence-electron chi connectivity index (χ3n) is 5.55. The number of nitrogens with zero attached hydrogens (tertiary/aromatic N) is 2. The van der Waals surface area contributed by atoms with Crippen LogP contribution >= 0.6 is 34.7 Å². The number of benzene rings is 2. The third kappa shape index (κ3) is 4.98. The van der Waals surface area contributed by atoms with Crippen LogP contribution in [0.2, 0.25) is 9.36 Å². The van der Waals surface area contributed by atoms with Crippen LogP contribution in [-0.4, -0.2) is 27.3 Å². The van der Waals surface area contributed by atoms with Gasteiger partial charge in [0.25, 0.3) is 5.91 Å². The summed E-state index contributed by atoms with van der Waals surface area (Å²) in [5.74, 6) is -1.94. The summed E-state index contributed by atoms with van der Waals surface area (Å²) in [5, 5.41) is 12.7. The summed E-state index contributed by atoms with van der Waals surface area (Å²) >= 11 is 13.1. The highest BCUT2D eigenvalue weighted by atomic mass is 35.5. The van der Waals surface area contributed by atoms with Gasteiger partial charge in [-0.3, -0.25) is 14.5 Å². The molecular formula is C23H20Cl2FN3O3S. The lowest BCUT2D eigenvalue weighted by molar-refractivity contribution is -0.123. The number of nitrogens with one attached hydrogen (secondary N) is 1. The number of phenols is 1. The highest BCUT2D eigenvalue weighted by molar-refractivity contribution is 7.11. The van der Waals surface area contributed by atoms with Gasteiger partial charge in [0.2, 0.25) is 5.91 Å². The lowest BCUT2D eigenvalue weighted by Gasteiger charge is -2.32. The molecule has 1 heterocycles. The molecule has 1 fully saturated rings. The quantitative estimate of drug-likeness (QED) is 0.445. The number of para-hydroxylation sites is 1. The lowest BCUT2D eigenvalue weighted by Crippen LogP contribution is -2.46. The van der Waals surface area contributed by atoms with Gasteiger partial charge >= 0.3 is 0 Å². The summed E-state index contributed by atoms with van der Waals surface area (Å²) in [6, 6.07) is 10.2. The Hall–Kier alpha value is -2.68. The average molecular weight is 508 g/mol. The van der Waals surface area contributed by atoms with Crippen LogP contribution in [0.25, 0.3) is 0 Å². The van der Waals surface area contributed by atoms with Gasteiger partial charge in [0.15, 0.2) is 5.69 Å². The van der Waals surface area contributed by atoms with E-state index in [9.17, 15) is 19.1 Å². The molecule has 2 aromatic carbocycles. The molecule has 0 bridgehead atoms. The summed E-state index contributed by atoms with van der Waals surface area (Å²) < 4.78 is 19.1. The molecule has 0 aliphatic heterocycles. The minimum Gasteiger partial charge on any atom is -0.508 e. The molecule has 6 nitrogen and oxygen atoms in total. The van der Waals surface area contributed by atoms with Crippen LogP contribution in [-0.2, 0) is 4.79 Å². The molecule has 0 unspecified atom stereocenters. The highest BCUT2D eigenvalue weighted by Gasteiger charge is 2.38. The van der Waals surface area contributed by atoms with Crippen LogP contribution in [0.1, 0.15) is 47.8 Å². The summed E-state index contributed by atoms with van der Waals surface area (Å²) in [6.45, 7) is 0. The van der Waals surface area contributed by atoms with Crippen molar-refractivity contribution in [1.82, 2.24) is 9.69 Å². The maximum atomic E-state index is 15.0. The van der Waals surface area contributed by atoms with E-state index in [1.807, 2.05) is 0 Å². The fourth-order valence-electron chi connectivity index (χ4n) is 3.94. The molecule has 4 rings (SSSR count). The van der Waals surface area contributed by atoms with E-state index in [2.05, 4.69) is 9.69 Å². The number of phenolic OH excluding ortho intramolecular Hbond substituents is 1. The Morgan fingerprint density at radius 1 is 1.12 bits per heavy atom.